The summed E-state index contributed by atoms with van der Waals surface area (Å²) < 4.78 is 12.8. The molecule has 0 spiro atoms. The summed E-state index contributed by atoms with van der Waals surface area (Å²) in [6, 6.07) is 13.5. The number of benzene rings is 2. The fourth-order valence-corrected chi connectivity index (χ4v) is 1.95. The number of nitrogens with two attached hydrogens (primary N) is 1. The summed E-state index contributed by atoms with van der Waals surface area (Å²) in [5.74, 6) is -0.0173. The van der Waals surface area contributed by atoms with Crippen LogP contribution in [0, 0.1) is 12.7 Å². The first-order chi connectivity index (χ1) is 10.0. The van der Waals surface area contributed by atoms with E-state index in [0.717, 1.165) is 16.7 Å². The average molecular weight is 284 g/mol. The number of carbonyl (C=O) groups excluding carboxylic acids is 1. The first-order valence-corrected chi connectivity index (χ1v) is 6.68. The first-order valence-electron chi connectivity index (χ1n) is 6.68. The van der Waals surface area contributed by atoms with Gasteiger partial charge in [0.1, 0.15) is 18.2 Å². The van der Waals surface area contributed by atoms with Crippen LogP contribution in [-0.2, 0) is 11.2 Å². The molecule has 2 aromatic carbocycles. The summed E-state index contributed by atoms with van der Waals surface area (Å²) in [7, 11) is 0. The van der Waals surface area contributed by atoms with Crippen molar-refractivity contribution in [2.75, 3.05) is 6.54 Å². The van der Waals surface area contributed by atoms with Crippen LogP contribution in [0.5, 0.6) is 0 Å². The second kappa shape index (κ2) is 6.79. The van der Waals surface area contributed by atoms with Crippen molar-refractivity contribution in [3.8, 4) is 0 Å². The number of nitrogens with zero attached hydrogens (tertiary/aromatic N) is 1. The number of hydrogen-bond donors (Lipinski definition) is 1. The zero-order valence-electron chi connectivity index (χ0n) is 11.8. The normalized spacial score (nSPS) is 11.4. The van der Waals surface area contributed by atoms with Gasteiger partial charge >= 0.3 is 0 Å². The largest absolute Gasteiger partial charge is 0.383 e. The summed E-state index contributed by atoms with van der Waals surface area (Å²) in [5.41, 5.74) is 8.54. The van der Waals surface area contributed by atoms with Crippen LogP contribution >= 0.6 is 0 Å². The Morgan fingerprint density at radius 2 is 1.90 bits per heavy atom. The average Bonchev–Trinajstić information content (AvgIpc) is 2.47. The molecule has 0 aromatic heterocycles. The fraction of sp³-hybridized carbons (Fsp3) is 0.176. The second-order valence-corrected chi connectivity index (χ2v) is 4.91. The Kier molecular flexibility index (Phi) is 4.82. The number of ketones is 1. The second-order valence-electron chi connectivity index (χ2n) is 4.91. The Morgan fingerprint density at radius 1 is 1.19 bits per heavy atom. The lowest BCUT2D eigenvalue weighted by atomic mass is 10.1. The predicted molar refractivity (Wildman–Crippen MR) is 81.9 cm³/mol. The smallest absolute Gasteiger partial charge is 0.158 e. The number of amidine groups is 1. The molecule has 0 aliphatic carbocycles. The standard InChI is InChI=1S/C17H17FN2O/c1-12-3-2-4-14(9-12)17(19)20-11-16(21)10-13-5-7-15(18)8-6-13/h2-9H,10-11H2,1H3,(H2,19,20). The molecule has 0 aliphatic rings. The van der Waals surface area contributed by atoms with Gasteiger partial charge in [-0.15, -0.1) is 0 Å². The zero-order valence-corrected chi connectivity index (χ0v) is 11.8. The van der Waals surface area contributed by atoms with E-state index in [1.54, 1.807) is 12.1 Å². The first kappa shape index (κ1) is 14.9. The molecule has 0 heterocycles. The molecule has 3 nitrogen and oxygen atoms in total. The van der Waals surface area contributed by atoms with Gasteiger partial charge in [0.15, 0.2) is 5.78 Å². The Bertz CT molecular complexity index is 663. The van der Waals surface area contributed by atoms with Crippen molar-refractivity contribution in [1.29, 1.82) is 0 Å². The third-order valence-corrected chi connectivity index (χ3v) is 3.05. The van der Waals surface area contributed by atoms with Crippen molar-refractivity contribution in [1.82, 2.24) is 0 Å². The molecular weight excluding hydrogens is 267 g/mol. The van der Waals surface area contributed by atoms with Crippen LogP contribution in [0.4, 0.5) is 4.39 Å². The molecule has 4 heteroatoms. The third kappa shape index (κ3) is 4.53. The summed E-state index contributed by atoms with van der Waals surface area (Å²) in [6.45, 7) is 1.99. The van der Waals surface area contributed by atoms with Crippen molar-refractivity contribution in [3.05, 3.63) is 71.0 Å². The van der Waals surface area contributed by atoms with Crippen LogP contribution in [0.15, 0.2) is 53.5 Å². The molecule has 108 valence electrons. The van der Waals surface area contributed by atoms with Gasteiger partial charge in [0.2, 0.25) is 0 Å². The van der Waals surface area contributed by atoms with E-state index in [2.05, 4.69) is 4.99 Å². The molecule has 0 amide bonds. The molecule has 21 heavy (non-hydrogen) atoms. The van der Waals surface area contributed by atoms with Crippen molar-refractivity contribution in [2.45, 2.75) is 13.3 Å². The lowest BCUT2D eigenvalue weighted by molar-refractivity contribution is -0.117. The molecule has 0 bridgehead atoms. The van der Waals surface area contributed by atoms with E-state index >= 15 is 0 Å². The highest BCUT2D eigenvalue weighted by atomic mass is 19.1. The number of rotatable bonds is 5. The Balaban J connectivity index is 1.96. The minimum Gasteiger partial charge on any atom is -0.383 e. The molecule has 2 N–H and O–H groups in total. The van der Waals surface area contributed by atoms with Crippen LogP contribution in [0.2, 0.25) is 0 Å². The van der Waals surface area contributed by atoms with E-state index in [-0.39, 0.29) is 24.6 Å². The molecule has 2 aromatic rings. The van der Waals surface area contributed by atoms with Crippen molar-refractivity contribution in [2.24, 2.45) is 10.7 Å². The van der Waals surface area contributed by atoms with Crippen LogP contribution in [0.3, 0.4) is 0 Å². The minimum atomic E-state index is -0.312. The van der Waals surface area contributed by atoms with E-state index < -0.39 is 0 Å². The highest BCUT2D eigenvalue weighted by Gasteiger charge is 2.05. The maximum absolute atomic E-state index is 12.8. The molecule has 0 saturated heterocycles. The maximum Gasteiger partial charge on any atom is 0.158 e. The van der Waals surface area contributed by atoms with Gasteiger partial charge in [-0.1, -0.05) is 35.9 Å². The van der Waals surface area contributed by atoms with Gasteiger partial charge < -0.3 is 5.73 Å². The third-order valence-electron chi connectivity index (χ3n) is 3.05. The van der Waals surface area contributed by atoms with Crippen molar-refractivity contribution < 1.29 is 9.18 Å². The van der Waals surface area contributed by atoms with E-state index in [4.69, 9.17) is 5.73 Å². The van der Waals surface area contributed by atoms with E-state index in [9.17, 15) is 9.18 Å². The van der Waals surface area contributed by atoms with Gasteiger partial charge in [-0.05, 0) is 30.7 Å². The van der Waals surface area contributed by atoms with Gasteiger partial charge in [-0.3, -0.25) is 9.79 Å². The quantitative estimate of drug-likeness (QED) is 0.678. The highest BCUT2D eigenvalue weighted by Crippen LogP contribution is 2.05. The number of Topliss-reactive ketones (excluding diaryl/α,β-unsaturated/α-hetero) is 1. The lowest BCUT2D eigenvalue weighted by Crippen LogP contribution is -2.17. The van der Waals surface area contributed by atoms with Crippen molar-refractivity contribution >= 4 is 11.6 Å². The van der Waals surface area contributed by atoms with Gasteiger partial charge in [-0.25, -0.2) is 4.39 Å². The Labute approximate surface area is 123 Å². The summed E-state index contributed by atoms with van der Waals surface area (Å²) >= 11 is 0. The van der Waals surface area contributed by atoms with Gasteiger partial charge in [0.25, 0.3) is 0 Å². The SMILES string of the molecule is Cc1cccc(C(N)=NCC(=O)Cc2ccc(F)cc2)c1. The van der Waals surface area contributed by atoms with Crippen LogP contribution in [0.25, 0.3) is 0 Å². The molecule has 0 saturated carbocycles. The molecule has 2 rings (SSSR count). The number of aliphatic imine (C=N–C) groups is 1. The van der Waals surface area contributed by atoms with E-state index in [1.165, 1.54) is 12.1 Å². The van der Waals surface area contributed by atoms with Crippen LogP contribution in [0.1, 0.15) is 16.7 Å². The Hall–Kier alpha value is -2.49. The molecular formula is C17H17FN2O. The lowest BCUT2D eigenvalue weighted by Gasteiger charge is -2.03. The fourth-order valence-electron chi connectivity index (χ4n) is 1.95. The Morgan fingerprint density at radius 3 is 2.57 bits per heavy atom. The van der Waals surface area contributed by atoms with E-state index in [0.29, 0.717) is 5.84 Å². The van der Waals surface area contributed by atoms with Crippen LogP contribution < -0.4 is 5.73 Å². The van der Waals surface area contributed by atoms with Crippen LogP contribution in [-0.4, -0.2) is 18.2 Å². The molecule has 0 radical (unpaired) electrons. The molecule has 0 unspecified atom stereocenters. The van der Waals surface area contributed by atoms with Gasteiger partial charge in [0.05, 0.1) is 0 Å². The van der Waals surface area contributed by atoms with E-state index in [1.807, 2.05) is 31.2 Å². The molecule has 0 fully saturated rings. The van der Waals surface area contributed by atoms with Gasteiger partial charge in [-0.2, -0.15) is 0 Å². The summed E-state index contributed by atoms with van der Waals surface area (Å²) in [6.07, 6.45) is 0.227. The molecule has 0 aliphatic heterocycles. The summed E-state index contributed by atoms with van der Waals surface area (Å²) in [5, 5.41) is 0. The monoisotopic (exact) mass is 284 g/mol. The molecule has 0 atom stereocenters. The number of aryl methyl sites for hydroxylation is 1. The maximum atomic E-state index is 12.8. The van der Waals surface area contributed by atoms with Gasteiger partial charge in [0, 0.05) is 12.0 Å². The predicted octanol–water partition coefficient (Wildman–Crippen LogP) is 2.65. The van der Waals surface area contributed by atoms with Crippen molar-refractivity contribution in [3.63, 3.8) is 0 Å². The zero-order chi connectivity index (χ0) is 15.2. The topological polar surface area (TPSA) is 55.4 Å². The number of carbonyl (C=O) groups is 1. The number of halogens is 1. The summed E-state index contributed by atoms with van der Waals surface area (Å²) in [4.78, 5) is 16.0. The number of hydrogen-bond acceptors (Lipinski definition) is 2. The minimum absolute atomic E-state index is 0.0250. The highest BCUT2D eigenvalue weighted by molar-refractivity contribution is 5.99.